The summed E-state index contributed by atoms with van der Waals surface area (Å²) in [6.45, 7) is 0.946. The van der Waals surface area contributed by atoms with Gasteiger partial charge in [-0.15, -0.1) is 0 Å². The van der Waals surface area contributed by atoms with Crippen LogP contribution in [0.15, 0.2) is 30.6 Å². The molecule has 0 aromatic carbocycles. The summed E-state index contributed by atoms with van der Waals surface area (Å²) < 4.78 is 6.64. The third kappa shape index (κ3) is 2.73. The van der Waals surface area contributed by atoms with Gasteiger partial charge in [0, 0.05) is 19.9 Å². The molecule has 0 fully saturated rings. The highest BCUT2D eigenvalue weighted by Crippen LogP contribution is 2.09. The van der Waals surface area contributed by atoms with Crippen molar-refractivity contribution in [2.45, 2.75) is 0 Å². The normalized spacial score (nSPS) is 10.4. The monoisotopic (exact) mass is 234 g/mol. The first-order valence-electron chi connectivity index (χ1n) is 5.27. The summed E-state index contributed by atoms with van der Waals surface area (Å²) in [6, 6.07) is 5.42. The number of amides is 2. The third-order valence-corrected chi connectivity index (χ3v) is 2.26. The first-order chi connectivity index (χ1) is 8.31. The van der Waals surface area contributed by atoms with Crippen LogP contribution in [0.3, 0.4) is 0 Å². The second-order valence-electron chi connectivity index (χ2n) is 3.45. The molecule has 6 nitrogen and oxygen atoms in total. The van der Waals surface area contributed by atoms with Gasteiger partial charge < -0.3 is 10.1 Å². The van der Waals surface area contributed by atoms with Crippen LogP contribution in [0.4, 0.5) is 10.7 Å². The van der Waals surface area contributed by atoms with Gasteiger partial charge in [0.15, 0.2) is 0 Å². The van der Waals surface area contributed by atoms with Crippen LogP contribution in [0.5, 0.6) is 0 Å². The van der Waals surface area contributed by atoms with Crippen LogP contribution in [0.25, 0.3) is 5.52 Å². The molecule has 0 aliphatic carbocycles. The van der Waals surface area contributed by atoms with Gasteiger partial charge in [0.05, 0.1) is 18.3 Å². The molecule has 0 saturated carbocycles. The SMILES string of the molecule is COCCNC(=O)Nc1ncc2ccccn12. The number of carbonyl (C=O) groups excluding carboxylic acids is 1. The number of rotatable bonds is 4. The lowest BCUT2D eigenvalue weighted by Gasteiger charge is -2.05. The molecule has 0 saturated heterocycles. The Labute approximate surface area is 98.6 Å². The average molecular weight is 234 g/mol. The maximum atomic E-state index is 11.5. The summed E-state index contributed by atoms with van der Waals surface area (Å²) in [7, 11) is 1.59. The first-order valence-corrected chi connectivity index (χ1v) is 5.27. The van der Waals surface area contributed by atoms with Crippen LogP contribution in [0, 0.1) is 0 Å². The Bertz CT molecular complexity index is 509. The Balaban J connectivity index is 2.01. The Hall–Kier alpha value is -2.08. The Morgan fingerprint density at radius 2 is 2.41 bits per heavy atom. The van der Waals surface area contributed by atoms with Gasteiger partial charge in [-0.3, -0.25) is 9.72 Å². The van der Waals surface area contributed by atoms with Gasteiger partial charge in [0.25, 0.3) is 0 Å². The highest BCUT2D eigenvalue weighted by molar-refractivity contribution is 5.87. The van der Waals surface area contributed by atoms with Gasteiger partial charge >= 0.3 is 6.03 Å². The van der Waals surface area contributed by atoms with E-state index in [9.17, 15) is 4.79 Å². The van der Waals surface area contributed by atoms with Gasteiger partial charge in [0.2, 0.25) is 5.95 Å². The first kappa shape index (κ1) is 11.4. The van der Waals surface area contributed by atoms with Crippen molar-refractivity contribution < 1.29 is 9.53 Å². The number of urea groups is 1. The molecule has 2 amide bonds. The molecular weight excluding hydrogens is 220 g/mol. The second-order valence-corrected chi connectivity index (χ2v) is 3.45. The Morgan fingerprint density at radius 1 is 1.53 bits per heavy atom. The molecule has 6 heteroatoms. The number of methoxy groups -OCH3 is 1. The summed E-state index contributed by atoms with van der Waals surface area (Å²) in [5, 5.41) is 5.33. The van der Waals surface area contributed by atoms with Crippen molar-refractivity contribution in [3.63, 3.8) is 0 Å². The number of imidazole rings is 1. The van der Waals surface area contributed by atoms with E-state index in [0.29, 0.717) is 19.1 Å². The highest BCUT2D eigenvalue weighted by Gasteiger charge is 2.06. The van der Waals surface area contributed by atoms with E-state index in [1.54, 1.807) is 17.7 Å². The number of aromatic nitrogens is 2. The van der Waals surface area contributed by atoms with Crippen molar-refractivity contribution in [1.82, 2.24) is 14.7 Å². The minimum Gasteiger partial charge on any atom is -0.383 e. The Kier molecular flexibility index (Phi) is 3.56. The molecule has 2 aromatic rings. The van der Waals surface area contributed by atoms with Crippen LogP contribution < -0.4 is 10.6 Å². The van der Waals surface area contributed by atoms with Crippen LogP contribution in [0.2, 0.25) is 0 Å². The summed E-state index contributed by atoms with van der Waals surface area (Å²) in [4.78, 5) is 15.6. The maximum Gasteiger partial charge on any atom is 0.321 e. The Morgan fingerprint density at radius 3 is 3.24 bits per heavy atom. The van der Waals surface area contributed by atoms with Crippen LogP contribution in [-0.4, -0.2) is 35.7 Å². The zero-order chi connectivity index (χ0) is 12.1. The second kappa shape index (κ2) is 5.31. The fraction of sp³-hybridized carbons (Fsp3) is 0.273. The molecule has 90 valence electrons. The zero-order valence-electron chi connectivity index (χ0n) is 9.51. The predicted octanol–water partition coefficient (Wildman–Crippen LogP) is 1.10. The van der Waals surface area contributed by atoms with E-state index < -0.39 is 0 Å². The molecule has 0 atom stereocenters. The molecule has 0 unspecified atom stereocenters. The number of fused-ring (bicyclic) bond motifs is 1. The molecule has 2 rings (SSSR count). The number of pyridine rings is 1. The predicted molar refractivity (Wildman–Crippen MR) is 64.1 cm³/mol. The minimum absolute atomic E-state index is 0.293. The van der Waals surface area contributed by atoms with E-state index in [1.807, 2.05) is 24.4 Å². The van der Waals surface area contributed by atoms with E-state index in [0.717, 1.165) is 5.52 Å². The van der Waals surface area contributed by atoms with Crippen molar-refractivity contribution in [3.8, 4) is 0 Å². The van der Waals surface area contributed by atoms with Crippen molar-refractivity contribution >= 4 is 17.5 Å². The molecule has 0 bridgehead atoms. The summed E-state index contributed by atoms with van der Waals surface area (Å²) in [5.41, 5.74) is 0.930. The topological polar surface area (TPSA) is 67.7 Å². The number of nitrogens with zero attached hydrogens (tertiary/aromatic N) is 2. The van der Waals surface area contributed by atoms with E-state index >= 15 is 0 Å². The molecule has 0 aliphatic heterocycles. The molecule has 0 spiro atoms. The van der Waals surface area contributed by atoms with Crippen LogP contribution in [0.1, 0.15) is 0 Å². The molecule has 2 N–H and O–H groups in total. The largest absolute Gasteiger partial charge is 0.383 e. The summed E-state index contributed by atoms with van der Waals surface area (Å²) in [6.07, 6.45) is 3.54. The average Bonchev–Trinajstić information content (AvgIpc) is 2.73. The van der Waals surface area contributed by atoms with Crippen molar-refractivity contribution in [3.05, 3.63) is 30.6 Å². The molecule has 2 aromatic heterocycles. The fourth-order valence-corrected chi connectivity index (χ4v) is 1.45. The number of anilines is 1. The van der Waals surface area contributed by atoms with E-state index in [1.165, 1.54) is 0 Å². The van der Waals surface area contributed by atoms with Gasteiger partial charge in [-0.05, 0) is 12.1 Å². The maximum absolute atomic E-state index is 11.5. The van der Waals surface area contributed by atoms with Gasteiger partial charge in [-0.25, -0.2) is 9.78 Å². The van der Waals surface area contributed by atoms with Gasteiger partial charge in [-0.2, -0.15) is 0 Å². The van der Waals surface area contributed by atoms with Gasteiger partial charge in [-0.1, -0.05) is 6.07 Å². The molecule has 17 heavy (non-hydrogen) atoms. The number of carbonyl (C=O) groups is 1. The lowest BCUT2D eigenvalue weighted by molar-refractivity contribution is 0.198. The quantitative estimate of drug-likeness (QED) is 0.778. The van der Waals surface area contributed by atoms with Gasteiger partial charge in [0.1, 0.15) is 0 Å². The molecule has 2 heterocycles. The standard InChI is InChI=1S/C11H14N4O2/c1-17-7-5-12-11(16)14-10-13-8-9-4-2-3-6-15(9)10/h2-4,6,8H,5,7H2,1H3,(H2,12,13,14,16). The number of hydrogen-bond acceptors (Lipinski definition) is 3. The van der Waals surface area contributed by atoms with E-state index in [2.05, 4.69) is 15.6 Å². The van der Waals surface area contributed by atoms with E-state index in [4.69, 9.17) is 4.74 Å². The lowest BCUT2D eigenvalue weighted by atomic mass is 10.4. The van der Waals surface area contributed by atoms with Crippen molar-refractivity contribution in [2.24, 2.45) is 0 Å². The van der Waals surface area contributed by atoms with Crippen LogP contribution in [-0.2, 0) is 4.74 Å². The van der Waals surface area contributed by atoms with Crippen molar-refractivity contribution in [2.75, 3.05) is 25.6 Å². The lowest BCUT2D eigenvalue weighted by Crippen LogP contribution is -2.32. The third-order valence-electron chi connectivity index (χ3n) is 2.26. The number of ether oxygens (including phenoxy) is 1. The molecule has 0 aliphatic rings. The smallest absolute Gasteiger partial charge is 0.321 e. The number of nitrogens with one attached hydrogen (secondary N) is 2. The molecular formula is C11H14N4O2. The van der Waals surface area contributed by atoms with Crippen LogP contribution >= 0.6 is 0 Å². The minimum atomic E-state index is -0.293. The van der Waals surface area contributed by atoms with E-state index in [-0.39, 0.29) is 6.03 Å². The summed E-state index contributed by atoms with van der Waals surface area (Å²) in [5.74, 6) is 0.496. The highest BCUT2D eigenvalue weighted by atomic mass is 16.5. The summed E-state index contributed by atoms with van der Waals surface area (Å²) >= 11 is 0. The fourth-order valence-electron chi connectivity index (χ4n) is 1.45. The molecule has 0 radical (unpaired) electrons. The zero-order valence-corrected chi connectivity index (χ0v) is 9.51. The number of hydrogen-bond donors (Lipinski definition) is 2. The van der Waals surface area contributed by atoms with Crippen molar-refractivity contribution in [1.29, 1.82) is 0 Å².